The van der Waals surface area contributed by atoms with Crippen LogP contribution >= 0.6 is 0 Å². The van der Waals surface area contributed by atoms with Gasteiger partial charge in [0.05, 0.1) is 13.2 Å². The summed E-state index contributed by atoms with van der Waals surface area (Å²) < 4.78 is 11.5. The van der Waals surface area contributed by atoms with Crippen LogP contribution in [0, 0.1) is 18.3 Å². The van der Waals surface area contributed by atoms with E-state index in [1.165, 1.54) is 0 Å². The maximum atomic E-state index is 12.7. The van der Waals surface area contributed by atoms with Crippen LogP contribution in [0.2, 0.25) is 0 Å². The molecule has 0 amide bonds. The fourth-order valence-electron chi connectivity index (χ4n) is 2.52. The first-order valence-electron chi connectivity index (χ1n) is 8.72. The van der Waals surface area contributed by atoms with Crippen LogP contribution in [0.4, 0.5) is 0 Å². The van der Waals surface area contributed by atoms with E-state index in [4.69, 9.17) is 9.47 Å². The van der Waals surface area contributed by atoms with Gasteiger partial charge < -0.3 is 9.47 Å². The van der Waals surface area contributed by atoms with E-state index >= 15 is 0 Å². The highest BCUT2D eigenvalue weighted by Crippen LogP contribution is 2.33. The lowest BCUT2D eigenvalue weighted by molar-refractivity contribution is 0.104. The molecule has 0 atom stereocenters. The molecule has 0 saturated carbocycles. The summed E-state index contributed by atoms with van der Waals surface area (Å²) in [5.74, 6) is 0.857. The van der Waals surface area contributed by atoms with Crippen molar-refractivity contribution in [2.24, 2.45) is 0 Å². The maximum Gasteiger partial charge on any atom is 0.203 e. The van der Waals surface area contributed by atoms with Crippen molar-refractivity contribution in [1.29, 1.82) is 5.26 Å². The first kappa shape index (κ1) is 19.3. The van der Waals surface area contributed by atoms with Crippen LogP contribution in [0.5, 0.6) is 11.5 Å². The lowest BCUT2D eigenvalue weighted by Crippen LogP contribution is -2.04. The molecule has 0 aromatic heterocycles. The molecule has 0 bridgehead atoms. The average molecular weight is 349 g/mol. The van der Waals surface area contributed by atoms with Gasteiger partial charge in [-0.25, -0.2) is 0 Å². The molecule has 2 aromatic rings. The minimum atomic E-state index is -0.306. The summed E-state index contributed by atoms with van der Waals surface area (Å²) in [4.78, 5) is 12.7. The number of hydrogen-bond donors (Lipinski definition) is 0. The second-order valence-corrected chi connectivity index (χ2v) is 5.82. The van der Waals surface area contributed by atoms with Crippen LogP contribution in [0.3, 0.4) is 0 Å². The number of para-hydroxylation sites is 1. The molecule has 0 N–H and O–H groups in total. The third-order valence-corrected chi connectivity index (χ3v) is 3.70. The van der Waals surface area contributed by atoms with Crippen molar-refractivity contribution in [3.63, 3.8) is 0 Å². The van der Waals surface area contributed by atoms with E-state index < -0.39 is 0 Å². The number of aryl methyl sites for hydroxylation is 1. The van der Waals surface area contributed by atoms with E-state index in [2.05, 4.69) is 0 Å². The predicted octanol–water partition coefficient (Wildman–Crippen LogP) is 4.97. The van der Waals surface area contributed by atoms with E-state index in [9.17, 15) is 10.1 Å². The van der Waals surface area contributed by atoms with Crippen LogP contribution in [-0.2, 0) is 0 Å². The van der Waals surface area contributed by atoms with Gasteiger partial charge in [0.2, 0.25) is 5.78 Å². The smallest absolute Gasteiger partial charge is 0.203 e. The van der Waals surface area contributed by atoms with Crippen molar-refractivity contribution in [2.75, 3.05) is 13.2 Å². The Balaban J connectivity index is 2.46. The predicted molar refractivity (Wildman–Crippen MR) is 102 cm³/mol. The average Bonchev–Trinajstić information content (AvgIpc) is 2.65. The van der Waals surface area contributed by atoms with Crippen molar-refractivity contribution >= 4 is 11.9 Å². The molecule has 4 heteroatoms. The number of rotatable bonds is 8. The monoisotopic (exact) mass is 349 g/mol. The molecule has 2 rings (SSSR count). The van der Waals surface area contributed by atoms with Crippen molar-refractivity contribution in [3.05, 3.63) is 64.7 Å². The number of hydrogen-bond acceptors (Lipinski definition) is 4. The Kier molecular flexibility index (Phi) is 6.99. The molecule has 4 nitrogen and oxygen atoms in total. The van der Waals surface area contributed by atoms with Gasteiger partial charge in [0.15, 0.2) is 11.5 Å². The van der Waals surface area contributed by atoms with Crippen molar-refractivity contribution in [2.45, 2.75) is 27.2 Å². The van der Waals surface area contributed by atoms with Gasteiger partial charge in [0, 0.05) is 11.1 Å². The molecule has 0 aliphatic heterocycles. The van der Waals surface area contributed by atoms with Crippen molar-refractivity contribution < 1.29 is 14.3 Å². The van der Waals surface area contributed by atoms with Crippen LogP contribution in [0.25, 0.3) is 6.08 Å². The first-order valence-corrected chi connectivity index (χ1v) is 8.72. The molecule has 26 heavy (non-hydrogen) atoms. The molecule has 0 spiro atoms. The largest absolute Gasteiger partial charge is 0.490 e. The molecule has 0 aliphatic rings. The molecule has 134 valence electrons. The zero-order valence-corrected chi connectivity index (χ0v) is 15.4. The zero-order chi connectivity index (χ0) is 18.9. The van der Waals surface area contributed by atoms with Gasteiger partial charge in [0.1, 0.15) is 11.6 Å². The van der Waals surface area contributed by atoms with Crippen molar-refractivity contribution in [1.82, 2.24) is 0 Å². The van der Waals surface area contributed by atoms with E-state index in [1.54, 1.807) is 18.2 Å². The molecule has 2 aromatic carbocycles. The number of ether oxygens (including phenoxy) is 2. The summed E-state index contributed by atoms with van der Waals surface area (Å²) in [5, 5.41) is 9.52. The van der Waals surface area contributed by atoms with E-state index in [0.717, 1.165) is 12.0 Å². The molecule has 0 heterocycles. The minimum absolute atomic E-state index is 0.0607. The Bertz CT molecular complexity index is 847. The van der Waals surface area contributed by atoms with Gasteiger partial charge in [-0.1, -0.05) is 42.8 Å². The second kappa shape index (κ2) is 9.43. The number of nitrogens with zero attached hydrogens (tertiary/aromatic N) is 1. The van der Waals surface area contributed by atoms with Gasteiger partial charge in [-0.15, -0.1) is 0 Å². The Morgan fingerprint density at radius 1 is 1.15 bits per heavy atom. The molecule has 0 radical (unpaired) electrons. The first-order chi connectivity index (χ1) is 12.6. The SMILES string of the molecule is CCCOc1c(/C=C(\C#N)C(=O)c2cccc(C)c2)cccc1OCC. The quantitative estimate of drug-likeness (QED) is 0.383. The summed E-state index contributed by atoms with van der Waals surface area (Å²) in [7, 11) is 0. The summed E-state index contributed by atoms with van der Waals surface area (Å²) in [6, 6.07) is 14.7. The highest BCUT2D eigenvalue weighted by Gasteiger charge is 2.15. The third kappa shape index (κ3) is 4.73. The zero-order valence-electron chi connectivity index (χ0n) is 15.4. The number of carbonyl (C=O) groups is 1. The highest BCUT2D eigenvalue weighted by atomic mass is 16.5. The number of benzene rings is 2. The van der Waals surface area contributed by atoms with Gasteiger partial charge in [-0.05, 0) is 38.5 Å². The lowest BCUT2D eigenvalue weighted by atomic mass is 10.00. The van der Waals surface area contributed by atoms with Gasteiger partial charge in [0.25, 0.3) is 0 Å². The molecule has 0 aliphatic carbocycles. The maximum absolute atomic E-state index is 12.7. The number of carbonyl (C=O) groups excluding carboxylic acids is 1. The van der Waals surface area contributed by atoms with E-state index in [0.29, 0.717) is 35.8 Å². The third-order valence-electron chi connectivity index (χ3n) is 3.70. The normalized spacial score (nSPS) is 10.9. The highest BCUT2D eigenvalue weighted by molar-refractivity contribution is 6.14. The lowest BCUT2D eigenvalue weighted by Gasteiger charge is -2.14. The molecular weight excluding hydrogens is 326 g/mol. The Morgan fingerprint density at radius 3 is 2.58 bits per heavy atom. The number of Topliss-reactive ketones (excluding diaryl/α,β-unsaturated/α-hetero) is 1. The Morgan fingerprint density at radius 2 is 1.92 bits per heavy atom. The summed E-state index contributed by atoms with van der Waals surface area (Å²) >= 11 is 0. The van der Waals surface area contributed by atoms with Crippen LogP contribution in [-0.4, -0.2) is 19.0 Å². The minimum Gasteiger partial charge on any atom is -0.490 e. The van der Waals surface area contributed by atoms with E-state index in [-0.39, 0.29) is 11.4 Å². The molecule has 0 fully saturated rings. The second-order valence-electron chi connectivity index (χ2n) is 5.82. The number of ketones is 1. The summed E-state index contributed by atoms with van der Waals surface area (Å²) in [6.45, 7) is 6.85. The summed E-state index contributed by atoms with van der Waals surface area (Å²) in [6.07, 6.45) is 2.41. The van der Waals surface area contributed by atoms with Crippen LogP contribution in [0.1, 0.15) is 41.8 Å². The number of nitriles is 1. The van der Waals surface area contributed by atoms with E-state index in [1.807, 2.05) is 57.2 Å². The van der Waals surface area contributed by atoms with Gasteiger partial charge in [-0.3, -0.25) is 4.79 Å². The molecule has 0 saturated heterocycles. The number of allylic oxidation sites excluding steroid dienone is 1. The summed E-state index contributed by atoms with van der Waals surface area (Å²) in [5.41, 5.74) is 2.18. The Hall–Kier alpha value is -3.06. The fourth-order valence-corrected chi connectivity index (χ4v) is 2.52. The molecular formula is C22H23NO3. The Labute approximate surface area is 154 Å². The topological polar surface area (TPSA) is 59.3 Å². The standard InChI is InChI=1S/C22H23NO3/c1-4-12-26-22-18(10-7-11-20(22)25-5-2)14-19(15-23)21(24)17-9-6-8-16(3)13-17/h6-11,13-14H,4-5,12H2,1-3H3/b19-14+. The van der Waals surface area contributed by atoms with Crippen molar-refractivity contribution in [3.8, 4) is 17.6 Å². The van der Waals surface area contributed by atoms with Crippen LogP contribution in [0.15, 0.2) is 48.0 Å². The molecule has 0 unspecified atom stereocenters. The van der Waals surface area contributed by atoms with Gasteiger partial charge in [-0.2, -0.15) is 5.26 Å². The van der Waals surface area contributed by atoms with Crippen LogP contribution < -0.4 is 9.47 Å². The van der Waals surface area contributed by atoms with Gasteiger partial charge >= 0.3 is 0 Å². The fraction of sp³-hybridized carbons (Fsp3) is 0.273.